The Morgan fingerprint density at radius 1 is 1.47 bits per heavy atom. The molecule has 6 heteroatoms. The average molecular weight is 233 g/mol. The molecule has 0 spiro atoms. The number of non-ortho nitro benzene ring substituents is 1. The SMILES string of the molecule is Cn1nccc1-c1ccc([N+](=O)[O-])cc1CO. The van der Waals surface area contributed by atoms with Crippen molar-refractivity contribution in [2.75, 3.05) is 0 Å². The zero-order valence-electron chi connectivity index (χ0n) is 9.20. The summed E-state index contributed by atoms with van der Waals surface area (Å²) in [6.45, 7) is -0.248. The minimum atomic E-state index is -0.480. The molecule has 0 atom stereocenters. The normalized spacial score (nSPS) is 10.5. The van der Waals surface area contributed by atoms with E-state index in [1.807, 2.05) is 0 Å². The summed E-state index contributed by atoms with van der Waals surface area (Å²) in [7, 11) is 1.78. The van der Waals surface area contributed by atoms with Gasteiger partial charge in [0.2, 0.25) is 0 Å². The van der Waals surface area contributed by atoms with Gasteiger partial charge in [-0.25, -0.2) is 0 Å². The lowest BCUT2D eigenvalue weighted by molar-refractivity contribution is -0.384. The number of nitro groups is 1. The van der Waals surface area contributed by atoms with E-state index in [9.17, 15) is 15.2 Å². The van der Waals surface area contributed by atoms with Gasteiger partial charge >= 0.3 is 0 Å². The smallest absolute Gasteiger partial charge is 0.269 e. The fourth-order valence-electron chi connectivity index (χ4n) is 1.71. The summed E-state index contributed by atoms with van der Waals surface area (Å²) in [6, 6.07) is 6.21. The third-order valence-electron chi connectivity index (χ3n) is 2.57. The van der Waals surface area contributed by atoms with Gasteiger partial charge in [0.15, 0.2) is 0 Å². The van der Waals surface area contributed by atoms with Crippen LogP contribution in [-0.4, -0.2) is 19.8 Å². The van der Waals surface area contributed by atoms with Crippen LogP contribution < -0.4 is 0 Å². The van der Waals surface area contributed by atoms with E-state index in [-0.39, 0.29) is 12.3 Å². The van der Waals surface area contributed by atoms with Crippen molar-refractivity contribution in [3.63, 3.8) is 0 Å². The predicted molar refractivity (Wildman–Crippen MR) is 61.2 cm³/mol. The molecule has 0 bridgehead atoms. The average Bonchev–Trinajstić information content (AvgIpc) is 2.74. The second-order valence-corrected chi connectivity index (χ2v) is 3.60. The molecule has 88 valence electrons. The van der Waals surface area contributed by atoms with Crippen LogP contribution in [0.1, 0.15) is 5.56 Å². The number of aliphatic hydroxyl groups excluding tert-OH is 1. The Labute approximate surface area is 97.3 Å². The molecule has 0 amide bonds. The lowest BCUT2D eigenvalue weighted by Crippen LogP contribution is -1.98. The number of rotatable bonds is 3. The molecule has 6 nitrogen and oxygen atoms in total. The van der Waals surface area contributed by atoms with Crippen LogP contribution in [0.15, 0.2) is 30.5 Å². The van der Waals surface area contributed by atoms with E-state index in [2.05, 4.69) is 5.10 Å². The highest BCUT2D eigenvalue weighted by Gasteiger charge is 2.13. The zero-order valence-corrected chi connectivity index (χ0v) is 9.20. The third-order valence-corrected chi connectivity index (χ3v) is 2.57. The maximum atomic E-state index is 10.6. The monoisotopic (exact) mass is 233 g/mol. The molecule has 0 unspecified atom stereocenters. The molecule has 0 saturated heterocycles. The number of hydrogen-bond acceptors (Lipinski definition) is 4. The number of aromatic nitrogens is 2. The molecular formula is C11H11N3O3. The molecule has 2 rings (SSSR count). The summed E-state index contributed by atoms with van der Waals surface area (Å²) >= 11 is 0. The molecule has 1 heterocycles. The largest absolute Gasteiger partial charge is 0.392 e. The van der Waals surface area contributed by atoms with Crippen molar-refractivity contribution in [2.24, 2.45) is 7.05 Å². The quantitative estimate of drug-likeness (QED) is 0.643. The lowest BCUT2D eigenvalue weighted by atomic mass is 10.0. The van der Waals surface area contributed by atoms with Crippen LogP contribution in [0.5, 0.6) is 0 Å². The summed E-state index contributed by atoms with van der Waals surface area (Å²) in [4.78, 5) is 10.2. The molecule has 0 saturated carbocycles. The van der Waals surface area contributed by atoms with E-state index in [0.29, 0.717) is 5.56 Å². The van der Waals surface area contributed by atoms with Crippen LogP contribution in [0, 0.1) is 10.1 Å². The van der Waals surface area contributed by atoms with Gasteiger partial charge in [0.1, 0.15) is 0 Å². The van der Waals surface area contributed by atoms with Gasteiger partial charge in [0, 0.05) is 30.9 Å². The van der Waals surface area contributed by atoms with Gasteiger partial charge in [-0.2, -0.15) is 5.10 Å². The number of hydrogen-bond donors (Lipinski definition) is 1. The number of aliphatic hydroxyl groups is 1. The fraction of sp³-hybridized carbons (Fsp3) is 0.182. The summed E-state index contributed by atoms with van der Waals surface area (Å²) in [5.74, 6) is 0. The van der Waals surface area contributed by atoms with E-state index in [0.717, 1.165) is 11.3 Å². The third kappa shape index (κ3) is 2.02. The molecule has 0 fully saturated rings. The second kappa shape index (κ2) is 4.34. The topological polar surface area (TPSA) is 81.2 Å². The molecule has 0 aliphatic rings. The Morgan fingerprint density at radius 2 is 2.24 bits per heavy atom. The van der Waals surface area contributed by atoms with Gasteiger partial charge in [0.25, 0.3) is 5.69 Å². The fourth-order valence-corrected chi connectivity index (χ4v) is 1.71. The second-order valence-electron chi connectivity index (χ2n) is 3.60. The molecule has 0 aliphatic heterocycles. The lowest BCUT2D eigenvalue weighted by Gasteiger charge is -2.07. The van der Waals surface area contributed by atoms with Crippen LogP contribution >= 0.6 is 0 Å². The number of nitrogens with zero attached hydrogens (tertiary/aromatic N) is 3. The summed E-state index contributed by atoms with van der Waals surface area (Å²) in [5.41, 5.74) is 2.05. The number of aryl methyl sites for hydroxylation is 1. The van der Waals surface area contributed by atoms with Crippen molar-refractivity contribution in [1.82, 2.24) is 9.78 Å². The maximum Gasteiger partial charge on any atom is 0.269 e. The van der Waals surface area contributed by atoms with Crippen LogP contribution in [0.2, 0.25) is 0 Å². The Balaban J connectivity index is 2.56. The Kier molecular flexibility index (Phi) is 2.88. The standard InChI is InChI=1S/C11H11N3O3/c1-13-11(4-5-12-13)10-3-2-9(14(16)17)6-8(10)7-15/h2-6,15H,7H2,1H3. The van der Waals surface area contributed by atoms with Crippen LogP contribution in [0.3, 0.4) is 0 Å². The molecule has 2 aromatic rings. The maximum absolute atomic E-state index is 10.6. The Hall–Kier alpha value is -2.21. The van der Waals surface area contributed by atoms with Crippen molar-refractivity contribution in [1.29, 1.82) is 0 Å². The van der Waals surface area contributed by atoms with Gasteiger partial charge in [-0.05, 0) is 17.7 Å². The van der Waals surface area contributed by atoms with Crippen molar-refractivity contribution >= 4 is 5.69 Å². The van der Waals surface area contributed by atoms with E-state index < -0.39 is 4.92 Å². The molecule has 17 heavy (non-hydrogen) atoms. The molecular weight excluding hydrogens is 222 g/mol. The first-order chi connectivity index (χ1) is 8.13. The van der Waals surface area contributed by atoms with E-state index in [1.165, 1.54) is 12.1 Å². The van der Waals surface area contributed by atoms with Gasteiger partial charge in [-0.1, -0.05) is 0 Å². The number of benzene rings is 1. The highest BCUT2D eigenvalue weighted by Crippen LogP contribution is 2.26. The predicted octanol–water partition coefficient (Wildman–Crippen LogP) is 1.49. The Bertz CT molecular complexity index is 563. The first-order valence-corrected chi connectivity index (χ1v) is 5.00. The molecule has 0 aliphatic carbocycles. The van der Waals surface area contributed by atoms with Crippen molar-refractivity contribution in [3.05, 3.63) is 46.1 Å². The van der Waals surface area contributed by atoms with Crippen molar-refractivity contribution < 1.29 is 10.0 Å². The molecule has 1 aromatic heterocycles. The minimum Gasteiger partial charge on any atom is -0.392 e. The first-order valence-electron chi connectivity index (χ1n) is 5.00. The van der Waals surface area contributed by atoms with Gasteiger partial charge in [-0.3, -0.25) is 14.8 Å². The van der Waals surface area contributed by atoms with Crippen LogP contribution in [0.25, 0.3) is 11.3 Å². The van der Waals surface area contributed by atoms with Crippen molar-refractivity contribution in [2.45, 2.75) is 6.61 Å². The van der Waals surface area contributed by atoms with Gasteiger partial charge in [0.05, 0.1) is 17.2 Å². The van der Waals surface area contributed by atoms with E-state index in [4.69, 9.17) is 0 Å². The highest BCUT2D eigenvalue weighted by atomic mass is 16.6. The summed E-state index contributed by atoms with van der Waals surface area (Å²) < 4.78 is 1.65. The number of nitro benzene ring substituents is 1. The Morgan fingerprint density at radius 3 is 2.76 bits per heavy atom. The van der Waals surface area contributed by atoms with E-state index >= 15 is 0 Å². The van der Waals surface area contributed by atoms with E-state index in [1.54, 1.807) is 30.1 Å². The van der Waals surface area contributed by atoms with Crippen LogP contribution in [-0.2, 0) is 13.7 Å². The van der Waals surface area contributed by atoms with Gasteiger partial charge < -0.3 is 5.11 Å². The first kappa shape index (κ1) is 11.3. The summed E-state index contributed by atoms with van der Waals surface area (Å²) in [6.07, 6.45) is 1.64. The van der Waals surface area contributed by atoms with Gasteiger partial charge in [-0.15, -0.1) is 0 Å². The molecule has 1 aromatic carbocycles. The summed E-state index contributed by atoms with van der Waals surface area (Å²) in [5, 5.41) is 23.9. The molecule has 1 N–H and O–H groups in total. The molecule has 0 radical (unpaired) electrons. The minimum absolute atomic E-state index is 0.0278. The zero-order chi connectivity index (χ0) is 12.4. The van der Waals surface area contributed by atoms with Crippen LogP contribution in [0.4, 0.5) is 5.69 Å². The highest BCUT2D eigenvalue weighted by molar-refractivity contribution is 5.65. The van der Waals surface area contributed by atoms with Crippen molar-refractivity contribution in [3.8, 4) is 11.3 Å².